The van der Waals surface area contributed by atoms with Gasteiger partial charge >= 0.3 is 0 Å². The largest absolute Gasteiger partial charge is 0.388 e. The second-order valence-corrected chi connectivity index (χ2v) is 6.82. The summed E-state index contributed by atoms with van der Waals surface area (Å²) >= 11 is 0. The summed E-state index contributed by atoms with van der Waals surface area (Å²) in [6.07, 6.45) is 3.90. The first kappa shape index (κ1) is 17.2. The molecule has 2 aromatic carbocycles. The highest BCUT2D eigenvalue weighted by Gasteiger charge is 2.25. The second-order valence-electron chi connectivity index (χ2n) is 6.82. The molecule has 1 fully saturated rings. The standard InChI is InChI=1S/C21H27NO2/c23-20(16-8-3-1-4-9-16)14-18-12-7-13-19(22-18)15-21(24)17-10-5-2-6-11-17/h1-6,8-11,18-24H,7,12-15H2. The van der Waals surface area contributed by atoms with Crippen LogP contribution in [0, 0.1) is 0 Å². The lowest BCUT2D eigenvalue weighted by Gasteiger charge is -2.33. The predicted molar refractivity (Wildman–Crippen MR) is 96.6 cm³/mol. The Balaban J connectivity index is 1.53. The summed E-state index contributed by atoms with van der Waals surface area (Å²) in [6.45, 7) is 0. The van der Waals surface area contributed by atoms with Gasteiger partial charge in [0, 0.05) is 12.1 Å². The van der Waals surface area contributed by atoms with Crippen molar-refractivity contribution < 1.29 is 10.2 Å². The number of hydrogen-bond acceptors (Lipinski definition) is 3. The minimum Gasteiger partial charge on any atom is -0.388 e. The maximum atomic E-state index is 10.4. The molecule has 1 aliphatic rings. The monoisotopic (exact) mass is 325 g/mol. The van der Waals surface area contributed by atoms with Crippen molar-refractivity contribution in [3.63, 3.8) is 0 Å². The molecular weight excluding hydrogens is 298 g/mol. The molecule has 24 heavy (non-hydrogen) atoms. The average Bonchev–Trinajstić information content (AvgIpc) is 2.63. The van der Waals surface area contributed by atoms with Gasteiger partial charge in [-0.05, 0) is 36.8 Å². The molecule has 0 radical (unpaired) electrons. The minimum absolute atomic E-state index is 0.307. The molecule has 0 spiro atoms. The SMILES string of the molecule is OC(CC1CCCC(CC(O)c2ccccc2)N1)c1ccccc1. The van der Waals surface area contributed by atoms with E-state index in [1.165, 1.54) is 0 Å². The van der Waals surface area contributed by atoms with Crippen LogP contribution in [0.3, 0.4) is 0 Å². The van der Waals surface area contributed by atoms with E-state index in [0.29, 0.717) is 12.1 Å². The summed E-state index contributed by atoms with van der Waals surface area (Å²) in [5.41, 5.74) is 1.96. The van der Waals surface area contributed by atoms with E-state index < -0.39 is 12.2 Å². The number of benzene rings is 2. The summed E-state index contributed by atoms with van der Waals surface area (Å²) in [6, 6.07) is 20.3. The molecule has 3 nitrogen and oxygen atoms in total. The van der Waals surface area contributed by atoms with Crippen molar-refractivity contribution >= 4 is 0 Å². The zero-order valence-corrected chi connectivity index (χ0v) is 14.0. The van der Waals surface area contributed by atoms with Crippen LogP contribution in [0.15, 0.2) is 60.7 Å². The first-order valence-corrected chi connectivity index (χ1v) is 8.94. The predicted octanol–water partition coefficient (Wildman–Crippen LogP) is 3.74. The van der Waals surface area contributed by atoms with Gasteiger partial charge in [0.15, 0.2) is 0 Å². The average molecular weight is 325 g/mol. The normalized spacial score (nSPS) is 23.6. The van der Waals surface area contributed by atoms with Gasteiger partial charge in [0.2, 0.25) is 0 Å². The van der Waals surface area contributed by atoms with Crippen molar-refractivity contribution in [3.8, 4) is 0 Å². The van der Waals surface area contributed by atoms with E-state index in [9.17, 15) is 10.2 Å². The Morgan fingerprint density at radius 3 is 1.58 bits per heavy atom. The van der Waals surface area contributed by atoms with Gasteiger partial charge in [0.25, 0.3) is 0 Å². The smallest absolute Gasteiger partial charge is 0.0804 e. The molecule has 1 heterocycles. The highest BCUT2D eigenvalue weighted by atomic mass is 16.3. The first-order chi connectivity index (χ1) is 11.7. The lowest BCUT2D eigenvalue weighted by Crippen LogP contribution is -2.43. The van der Waals surface area contributed by atoms with Crippen LogP contribution in [-0.4, -0.2) is 22.3 Å². The molecular formula is C21H27NO2. The van der Waals surface area contributed by atoms with Gasteiger partial charge in [-0.25, -0.2) is 0 Å². The minimum atomic E-state index is -0.429. The molecule has 4 atom stereocenters. The fourth-order valence-electron chi connectivity index (χ4n) is 3.64. The lowest BCUT2D eigenvalue weighted by atomic mass is 9.89. The second kappa shape index (κ2) is 8.43. The van der Waals surface area contributed by atoms with Gasteiger partial charge in [-0.15, -0.1) is 0 Å². The molecule has 4 unspecified atom stereocenters. The lowest BCUT2D eigenvalue weighted by molar-refractivity contribution is 0.116. The molecule has 1 aliphatic heterocycles. The Kier molecular flexibility index (Phi) is 6.02. The van der Waals surface area contributed by atoms with Crippen LogP contribution in [0.1, 0.15) is 55.4 Å². The van der Waals surface area contributed by atoms with Gasteiger partial charge in [0.05, 0.1) is 12.2 Å². The number of rotatable bonds is 6. The van der Waals surface area contributed by atoms with Crippen LogP contribution >= 0.6 is 0 Å². The van der Waals surface area contributed by atoms with Gasteiger partial charge in [-0.3, -0.25) is 0 Å². The van der Waals surface area contributed by atoms with Crippen molar-refractivity contribution in [2.24, 2.45) is 0 Å². The molecule has 3 heteroatoms. The highest BCUT2D eigenvalue weighted by molar-refractivity contribution is 5.18. The summed E-state index contributed by atoms with van der Waals surface area (Å²) in [5, 5.41) is 24.5. The van der Waals surface area contributed by atoms with Crippen molar-refractivity contribution in [2.45, 2.75) is 56.4 Å². The number of aliphatic hydroxyl groups is 2. The van der Waals surface area contributed by atoms with Gasteiger partial charge in [-0.1, -0.05) is 67.1 Å². The molecule has 3 rings (SSSR count). The zero-order valence-electron chi connectivity index (χ0n) is 14.0. The Morgan fingerprint density at radius 1 is 0.750 bits per heavy atom. The Labute approximate surface area is 144 Å². The third-order valence-electron chi connectivity index (χ3n) is 4.96. The molecule has 1 saturated heterocycles. The maximum absolute atomic E-state index is 10.4. The topological polar surface area (TPSA) is 52.5 Å². The van der Waals surface area contributed by atoms with Crippen LogP contribution in [0.5, 0.6) is 0 Å². The summed E-state index contributed by atoms with van der Waals surface area (Å²) in [7, 11) is 0. The zero-order chi connectivity index (χ0) is 16.8. The van der Waals surface area contributed by atoms with Crippen LogP contribution < -0.4 is 5.32 Å². The van der Waals surface area contributed by atoms with Crippen LogP contribution in [0.2, 0.25) is 0 Å². The Bertz CT molecular complexity index is 548. The van der Waals surface area contributed by atoms with E-state index in [-0.39, 0.29) is 0 Å². The fraction of sp³-hybridized carbons (Fsp3) is 0.429. The molecule has 3 N–H and O–H groups in total. The molecule has 0 aliphatic carbocycles. The molecule has 2 aromatic rings. The van der Waals surface area contributed by atoms with Crippen molar-refractivity contribution in [3.05, 3.63) is 71.8 Å². The number of aliphatic hydroxyl groups excluding tert-OH is 2. The molecule has 0 aromatic heterocycles. The first-order valence-electron chi connectivity index (χ1n) is 8.94. The third-order valence-corrected chi connectivity index (χ3v) is 4.96. The molecule has 128 valence electrons. The van der Waals surface area contributed by atoms with E-state index in [1.807, 2.05) is 60.7 Å². The summed E-state index contributed by atoms with van der Waals surface area (Å²) in [4.78, 5) is 0. The van der Waals surface area contributed by atoms with Crippen molar-refractivity contribution in [1.82, 2.24) is 5.32 Å². The van der Waals surface area contributed by atoms with Crippen molar-refractivity contribution in [1.29, 1.82) is 0 Å². The van der Waals surface area contributed by atoms with Gasteiger partial charge in [-0.2, -0.15) is 0 Å². The third kappa shape index (κ3) is 4.67. The number of nitrogens with one attached hydrogen (secondary N) is 1. The maximum Gasteiger partial charge on any atom is 0.0804 e. The van der Waals surface area contributed by atoms with E-state index in [4.69, 9.17) is 0 Å². The Morgan fingerprint density at radius 2 is 1.17 bits per heavy atom. The molecule has 0 amide bonds. The molecule has 0 bridgehead atoms. The van der Waals surface area contributed by atoms with E-state index in [2.05, 4.69) is 5.32 Å². The van der Waals surface area contributed by atoms with Gasteiger partial charge < -0.3 is 15.5 Å². The van der Waals surface area contributed by atoms with E-state index in [0.717, 1.165) is 43.2 Å². The van der Waals surface area contributed by atoms with Crippen molar-refractivity contribution in [2.75, 3.05) is 0 Å². The quantitative estimate of drug-likeness (QED) is 0.758. The summed E-state index contributed by atoms with van der Waals surface area (Å²) in [5.74, 6) is 0. The van der Waals surface area contributed by atoms with Crippen LogP contribution in [0.4, 0.5) is 0 Å². The fourth-order valence-corrected chi connectivity index (χ4v) is 3.64. The summed E-state index contributed by atoms with van der Waals surface area (Å²) < 4.78 is 0. The highest BCUT2D eigenvalue weighted by Crippen LogP contribution is 2.27. The van der Waals surface area contributed by atoms with E-state index >= 15 is 0 Å². The number of piperidine rings is 1. The van der Waals surface area contributed by atoms with Crippen LogP contribution in [0.25, 0.3) is 0 Å². The molecule has 0 saturated carbocycles. The van der Waals surface area contributed by atoms with Gasteiger partial charge in [0.1, 0.15) is 0 Å². The Hall–Kier alpha value is -1.68. The number of hydrogen-bond donors (Lipinski definition) is 3. The van der Waals surface area contributed by atoms with Crippen LogP contribution in [-0.2, 0) is 0 Å². The van der Waals surface area contributed by atoms with E-state index in [1.54, 1.807) is 0 Å².